The molecule has 1 rings (SSSR count). The van der Waals surface area contributed by atoms with E-state index in [0.717, 1.165) is 12.1 Å². The predicted octanol–water partition coefficient (Wildman–Crippen LogP) is 0.690. The smallest absolute Gasteiger partial charge is 0.354 e. The molecule has 98 valence electrons. The first-order valence-electron chi connectivity index (χ1n) is 5.66. The number of esters is 1. The fraction of sp³-hybridized carbons (Fsp3) is 0.417. The van der Waals surface area contributed by atoms with E-state index in [1.54, 1.807) is 20.8 Å². The number of aromatic amines is 1. The van der Waals surface area contributed by atoms with Gasteiger partial charge in [-0.2, -0.15) is 0 Å². The Labute approximate surface area is 104 Å². The monoisotopic (exact) mass is 252 g/mol. The van der Waals surface area contributed by atoms with Gasteiger partial charge in [-0.25, -0.2) is 4.79 Å². The van der Waals surface area contributed by atoms with Crippen LogP contribution >= 0.6 is 0 Å². The molecule has 0 radical (unpaired) electrons. The molecule has 0 saturated carbocycles. The number of carbonyl (C=O) groups excluding carboxylic acids is 2. The molecule has 18 heavy (non-hydrogen) atoms. The second-order valence-corrected chi connectivity index (χ2v) is 3.99. The van der Waals surface area contributed by atoms with E-state index in [-0.39, 0.29) is 24.0 Å². The summed E-state index contributed by atoms with van der Waals surface area (Å²) < 4.78 is 4.76. The van der Waals surface area contributed by atoms with Gasteiger partial charge in [-0.1, -0.05) is 0 Å². The molecule has 0 bridgehead atoms. The largest absolute Gasteiger partial charge is 0.461 e. The molecule has 0 aliphatic rings. The number of H-pyrrole nitrogens is 1. The summed E-state index contributed by atoms with van der Waals surface area (Å²) >= 11 is 0. The molecule has 0 aromatic carbocycles. The van der Waals surface area contributed by atoms with Crippen molar-refractivity contribution in [1.29, 1.82) is 0 Å². The Kier molecular flexibility index (Phi) is 4.65. The lowest BCUT2D eigenvalue weighted by molar-refractivity contribution is 0.0519. The number of amides is 1. The highest BCUT2D eigenvalue weighted by Crippen LogP contribution is 1.99. The molecular formula is C12H16N2O4. The summed E-state index contributed by atoms with van der Waals surface area (Å²) in [4.78, 5) is 37.2. The minimum Gasteiger partial charge on any atom is -0.461 e. The third kappa shape index (κ3) is 3.73. The number of carbonyl (C=O) groups is 2. The number of aromatic nitrogens is 1. The zero-order chi connectivity index (χ0) is 13.7. The first-order valence-corrected chi connectivity index (χ1v) is 5.66. The molecule has 6 nitrogen and oxygen atoms in total. The Morgan fingerprint density at radius 3 is 2.50 bits per heavy atom. The van der Waals surface area contributed by atoms with Gasteiger partial charge in [-0.05, 0) is 20.8 Å². The Balaban J connectivity index is 3.04. The molecule has 0 fully saturated rings. The van der Waals surface area contributed by atoms with Gasteiger partial charge in [-0.15, -0.1) is 0 Å². The van der Waals surface area contributed by atoms with Gasteiger partial charge < -0.3 is 15.0 Å². The summed E-state index contributed by atoms with van der Waals surface area (Å²) in [6.07, 6.45) is 0. The number of nitrogens with one attached hydrogen (secondary N) is 2. The molecule has 0 unspecified atom stereocenters. The molecule has 6 heteroatoms. The summed E-state index contributed by atoms with van der Waals surface area (Å²) in [5.74, 6) is -1.10. The topological polar surface area (TPSA) is 88.3 Å². The lowest BCUT2D eigenvalue weighted by Crippen LogP contribution is -2.32. The van der Waals surface area contributed by atoms with Crippen LogP contribution in [0, 0.1) is 0 Å². The number of rotatable bonds is 4. The zero-order valence-electron chi connectivity index (χ0n) is 10.6. The highest BCUT2D eigenvalue weighted by Gasteiger charge is 2.13. The lowest BCUT2D eigenvalue weighted by atomic mass is 10.2. The van der Waals surface area contributed by atoms with Crippen LogP contribution in [-0.2, 0) is 4.74 Å². The number of pyridine rings is 1. The Morgan fingerprint density at radius 2 is 1.94 bits per heavy atom. The van der Waals surface area contributed by atoms with Crippen molar-refractivity contribution < 1.29 is 14.3 Å². The van der Waals surface area contributed by atoms with Crippen LogP contribution in [-0.4, -0.2) is 29.5 Å². The van der Waals surface area contributed by atoms with Crippen LogP contribution in [0.1, 0.15) is 41.7 Å². The minimum absolute atomic E-state index is 0.0294. The SMILES string of the molecule is CCOC(=O)c1cc(=O)cc(C(=O)NC(C)C)[nH]1. The molecule has 1 heterocycles. The molecule has 0 aliphatic heterocycles. The van der Waals surface area contributed by atoms with Crippen LogP contribution in [0.2, 0.25) is 0 Å². The Hall–Kier alpha value is -2.11. The van der Waals surface area contributed by atoms with E-state index in [9.17, 15) is 14.4 Å². The average molecular weight is 252 g/mol. The summed E-state index contributed by atoms with van der Waals surface area (Å²) in [7, 11) is 0. The van der Waals surface area contributed by atoms with E-state index >= 15 is 0 Å². The normalized spacial score (nSPS) is 10.2. The van der Waals surface area contributed by atoms with Gasteiger partial charge >= 0.3 is 5.97 Å². The predicted molar refractivity (Wildman–Crippen MR) is 65.6 cm³/mol. The summed E-state index contributed by atoms with van der Waals surface area (Å²) in [5, 5.41) is 2.62. The van der Waals surface area contributed by atoms with Crippen LogP contribution in [0.4, 0.5) is 0 Å². The van der Waals surface area contributed by atoms with E-state index in [1.807, 2.05) is 0 Å². The zero-order valence-corrected chi connectivity index (χ0v) is 10.6. The van der Waals surface area contributed by atoms with Crippen molar-refractivity contribution in [3.05, 3.63) is 33.7 Å². The van der Waals surface area contributed by atoms with Crippen LogP contribution in [0.25, 0.3) is 0 Å². The van der Waals surface area contributed by atoms with Gasteiger partial charge in [0.2, 0.25) is 0 Å². The quantitative estimate of drug-likeness (QED) is 0.772. The molecule has 1 aromatic heterocycles. The third-order valence-corrected chi connectivity index (χ3v) is 2.00. The standard InChI is InChI=1S/C12H16N2O4/c1-4-18-12(17)10-6-8(15)5-9(14-10)11(16)13-7(2)3/h5-7H,4H2,1-3H3,(H,13,16)(H,14,15). The van der Waals surface area contributed by atoms with Crippen molar-refractivity contribution in [2.45, 2.75) is 26.8 Å². The Bertz CT molecular complexity index is 505. The second-order valence-electron chi connectivity index (χ2n) is 3.99. The molecule has 0 atom stereocenters. The van der Waals surface area contributed by atoms with Crippen molar-refractivity contribution in [1.82, 2.24) is 10.3 Å². The maximum Gasteiger partial charge on any atom is 0.354 e. The van der Waals surface area contributed by atoms with Gasteiger partial charge in [0.25, 0.3) is 5.91 Å². The first kappa shape index (κ1) is 14.0. The van der Waals surface area contributed by atoms with E-state index in [1.165, 1.54) is 0 Å². The summed E-state index contributed by atoms with van der Waals surface area (Å²) in [6, 6.07) is 2.18. The number of hydrogen-bond donors (Lipinski definition) is 2. The van der Waals surface area contributed by atoms with Crippen LogP contribution in [0.5, 0.6) is 0 Å². The van der Waals surface area contributed by atoms with Crippen molar-refractivity contribution in [3.63, 3.8) is 0 Å². The summed E-state index contributed by atoms with van der Waals surface area (Å²) in [5.41, 5.74) is -0.414. The second kappa shape index (κ2) is 6.00. The highest BCUT2D eigenvalue weighted by molar-refractivity contribution is 5.94. The van der Waals surface area contributed by atoms with Gasteiger partial charge in [0.1, 0.15) is 11.4 Å². The maximum atomic E-state index is 11.7. The highest BCUT2D eigenvalue weighted by atomic mass is 16.5. The molecular weight excluding hydrogens is 236 g/mol. The van der Waals surface area contributed by atoms with Crippen LogP contribution in [0.15, 0.2) is 16.9 Å². The van der Waals surface area contributed by atoms with Crippen molar-refractivity contribution in [2.75, 3.05) is 6.61 Å². The fourth-order valence-electron chi connectivity index (χ4n) is 1.32. The number of hydrogen-bond acceptors (Lipinski definition) is 4. The lowest BCUT2D eigenvalue weighted by Gasteiger charge is -2.09. The third-order valence-electron chi connectivity index (χ3n) is 2.00. The van der Waals surface area contributed by atoms with E-state index in [0.29, 0.717) is 0 Å². The van der Waals surface area contributed by atoms with Crippen LogP contribution in [0.3, 0.4) is 0 Å². The van der Waals surface area contributed by atoms with Crippen LogP contribution < -0.4 is 10.7 Å². The van der Waals surface area contributed by atoms with Gasteiger partial charge in [0, 0.05) is 18.2 Å². The fourth-order valence-corrected chi connectivity index (χ4v) is 1.32. The molecule has 0 spiro atoms. The minimum atomic E-state index is -0.659. The van der Waals surface area contributed by atoms with E-state index < -0.39 is 17.3 Å². The van der Waals surface area contributed by atoms with E-state index in [2.05, 4.69) is 10.3 Å². The van der Waals surface area contributed by atoms with Crippen molar-refractivity contribution >= 4 is 11.9 Å². The summed E-state index contributed by atoms with van der Waals surface area (Å²) in [6.45, 7) is 5.45. The first-order chi connectivity index (χ1) is 8.43. The molecule has 0 saturated heterocycles. The average Bonchev–Trinajstić information content (AvgIpc) is 2.27. The molecule has 1 amide bonds. The maximum absolute atomic E-state index is 11.7. The van der Waals surface area contributed by atoms with Crippen molar-refractivity contribution in [3.8, 4) is 0 Å². The van der Waals surface area contributed by atoms with Gasteiger partial charge in [-0.3, -0.25) is 9.59 Å². The molecule has 0 aliphatic carbocycles. The van der Waals surface area contributed by atoms with E-state index in [4.69, 9.17) is 4.74 Å². The van der Waals surface area contributed by atoms with Gasteiger partial charge in [0.15, 0.2) is 5.43 Å². The van der Waals surface area contributed by atoms with Crippen molar-refractivity contribution in [2.24, 2.45) is 0 Å². The number of ether oxygens (including phenoxy) is 1. The van der Waals surface area contributed by atoms with Gasteiger partial charge in [0.05, 0.1) is 6.61 Å². The molecule has 1 aromatic rings. The molecule has 2 N–H and O–H groups in total. The Morgan fingerprint density at radius 1 is 1.33 bits per heavy atom.